The van der Waals surface area contributed by atoms with Crippen LogP contribution in [0.25, 0.3) is 5.65 Å². The van der Waals surface area contributed by atoms with Crippen LogP contribution in [0.1, 0.15) is 31.5 Å². The molecular formula is C16H20N4O. The van der Waals surface area contributed by atoms with Gasteiger partial charge in [0.25, 0.3) is 0 Å². The number of nitrogens with zero attached hydrogens (tertiary/aromatic N) is 3. The molecule has 1 aliphatic heterocycles. The minimum Gasteiger partial charge on any atom is -0.377 e. The molecule has 3 fully saturated rings. The zero-order valence-corrected chi connectivity index (χ0v) is 12.0. The minimum atomic E-state index is 0.432. The highest BCUT2D eigenvalue weighted by atomic mass is 16.5. The van der Waals surface area contributed by atoms with Crippen molar-refractivity contribution in [1.29, 1.82) is 0 Å². The Bertz CT molecular complexity index is 678. The molecule has 21 heavy (non-hydrogen) atoms. The molecule has 2 aromatic rings. The van der Waals surface area contributed by atoms with E-state index in [0.717, 1.165) is 24.6 Å². The van der Waals surface area contributed by atoms with Crippen LogP contribution in [0.15, 0.2) is 24.4 Å². The van der Waals surface area contributed by atoms with Gasteiger partial charge in [-0.3, -0.25) is 4.40 Å². The molecule has 2 aromatic heterocycles. The van der Waals surface area contributed by atoms with Crippen LogP contribution >= 0.6 is 0 Å². The van der Waals surface area contributed by atoms with E-state index in [1.165, 1.54) is 25.7 Å². The molecule has 0 radical (unpaired) electrons. The van der Waals surface area contributed by atoms with E-state index >= 15 is 0 Å². The number of nitrogens with one attached hydrogen (secondary N) is 1. The fourth-order valence-electron chi connectivity index (χ4n) is 4.77. The summed E-state index contributed by atoms with van der Waals surface area (Å²) >= 11 is 0. The number of aromatic nitrogens is 3. The standard InChI is InChI=1S/C16H20N4O/c1-2-8-20-12(4-1)18-19-13(20)10-17-14-11-5-9-21-15(11)16(14)6-3-7-16/h1-2,4,8,11,14-15,17H,3,5-7,9-10H2/t11-,14+,15+/m0/s1. The Kier molecular flexibility index (Phi) is 2.47. The highest BCUT2D eigenvalue weighted by Gasteiger charge is 2.66. The molecule has 2 aliphatic carbocycles. The van der Waals surface area contributed by atoms with E-state index in [1.54, 1.807) is 0 Å². The maximum absolute atomic E-state index is 5.97. The van der Waals surface area contributed by atoms with Gasteiger partial charge in [-0.05, 0) is 31.4 Å². The summed E-state index contributed by atoms with van der Waals surface area (Å²) in [6.07, 6.45) is 7.79. The van der Waals surface area contributed by atoms with Crippen molar-refractivity contribution in [2.24, 2.45) is 11.3 Å². The molecule has 5 rings (SSSR count). The lowest BCUT2D eigenvalue weighted by molar-refractivity contribution is -0.176. The van der Waals surface area contributed by atoms with Crippen LogP contribution in [0, 0.1) is 11.3 Å². The highest BCUT2D eigenvalue weighted by Crippen LogP contribution is 2.62. The van der Waals surface area contributed by atoms with Gasteiger partial charge < -0.3 is 10.1 Å². The van der Waals surface area contributed by atoms with Crippen LogP contribution in [0.5, 0.6) is 0 Å². The predicted molar refractivity (Wildman–Crippen MR) is 77.7 cm³/mol. The molecule has 0 bridgehead atoms. The molecule has 5 heteroatoms. The van der Waals surface area contributed by atoms with E-state index in [1.807, 2.05) is 24.4 Å². The fraction of sp³-hybridized carbons (Fsp3) is 0.625. The Morgan fingerprint density at radius 3 is 3.14 bits per heavy atom. The first-order valence-electron chi connectivity index (χ1n) is 8.02. The van der Waals surface area contributed by atoms with Crippen LogP contribution in [-0.2, 0) is 11.3 Å². The summed E-state index contributed by atoms with van der Waals surface area (Å²) in [6.45, 7) is 1.74. The molecule has 0 amide bonds. The molecule has 3 atom stereocenters. The number of hydrogen-bond acceptors (Lipinski definition) is 4. The first-order valence-corrected chi connectivity index (χ1v) is 8.02. The van der Waals surface area contributed by atoms with Gasteiger partial charge in [0.1, 0.15) is 0 Å². The van der Waals surface area contributed by atoms with Crippen LogP contribution in [0.2, 0.25) is 0 Å². The van der Waals surface area contributed by atoms with E-state index in [2.05, 4.69) is 19.9 Å². The number of rotatable bonds is 3. The van der Waals surface area contributed by atoms with E-state index in [-0.39, 0.29) is 0 Å². The normalized spacial score (nSPS) is 32.9. The lowest BCUT2D eigenvalue weighted by atomic mass is 9.46. The Balaban J connectivity index is 1.36. The second-order valence-electron chi connectivity index (χ2n) is 6.73. The van der Waals surface area contributed by atoms with Crippen molar-refractivity contribution < 1.29 is 4.74 Å². The molecule has 110 valence electrons. The number of fused-ring (bicyclic) bond motifs is 3. The van der Waals surface area contributed by atoms with Gasteiger partial charge in [0.2, 0.25) is 0 Å². The van der Waals surface area contributed by atoms with Crippen molar-refractivity contribution in [1.82, 2.24) is 19.9 Å². The Morgan fingerprint density at radius 1 is 1.33 bits per heavy atom. The topological polar surface area (TPSA) is 51.5 Å². The summed E-state index contributed by atoms with van der Waals surface area (Å²) in [7, 11) is 0. The molecule has 3 aliphatic rings. The molecule has 0 unspecified atom stereocenters. The summed E-state index contributed by atoms with van der Waals surface area (Å²) in [5.74, 6) is 1.71. The van der Waals surface area contributed by atoms with Gasteiger partial charge in [-0.2, -0.15) is 0 Å². The maximum atomic E-state index is 5.97. The number of pyridine rings is 1. The van der Waals surface area contributed by atoms with Gasteiger partial charge in [-0.15, -0.1) is 10.2 Å². The quantitative estimate of drug-likeness (QED) is 0.933. The van der Waals surface area contributed by atoms with Crippen LogP contribution < -0.4 is 5.32 Å². The van der Waals surface area contributed by atoms with E-state index in [9.17, 15) is 0 Å². The van der Waals surface area contributed by atoms with Gasteiger partial charge in [0.15, 0.2) is 11.5 Å². The Labute approximate surface area is 123 Å². The van der Waals surface area contributed by atoms with Crippen molar-refractivity contribution in [3.63, 3.8) is 0 Å². The lowest BCUT2D eigenvalue weighted by Crippen LogP contribution is -2.70. The van der Waals surface area contributed by atoms with Crippen LogP contribution in [0.4, 0.5) is 0 Å². The SMILES string of the molecule is c1ccn2c(CN[C@@H]3[C@@H]4CCO[C@H]4C34CCC4)nnc2c1. The summed E-state index contributed by atoms with van der Waals surface area (Å²) in [5.41, 5.74) is 1.35. The zero-order valence-electron chi connectivity index (χ0n) is 12.0. The van der Waals surface area contributed by atoms with E-state index < -0.39 is 0 Å². The number of hydrogen-bond donors (Lipinski definition) is 1. The van der Waals surface area contributed by atoms with Gasteiger partial charge in [-0.25, -0.2) is 0 Å². The molecule has 5 nitrogen and oxygen atoms in total. The monoisotopic (exact) mass is 284 g/mol. The first kappa shape index (κ1) is 12.1. The van der Waals surface area contributed by atoms with Gasteiger partial charge >= 0.3 is 0 Å². The van der Waals surface area contributed by atoms with Crippen LogP contribution in [-0.4, -0.2) is 33.4 Å². The van der Waals surface area contributed by atoms with Crippen molar-refractivity contribution in [3.8, 4) is 0 Å². The van der Waals surface area contributed by atoms with Crippen molar-refractivity contribution in [2.45, 2.75) is 44.4 Å². The largest absolute Gasteiger partial charge is 0.377 e. The smallest absolute Gasteiger partial charge is 0.160 e. The number of ether oxygens (including phenoxy) is 1. The lowest BCUT2D eigenvalue weighted by Gasteiger charge is -2.63. The Morgan fingerprint density at radius 2 is 2.29 bits per heavy atom. The summed E-state index contributed by atoms with van der Waals surface area (Å²) in [6, 6.07) is 6.62. The third-order valence-electron chi connectivity index (χ3n) is 5.90. The maximum Gasteiger partial charge on any atom is 0.160 e. The summed E-state index contributed by atoms with van der Waals surface area (Å²) in [5, 5.41) is 12.3. The molecule has 1 N–H and O–H groups in total. The zero-order chi connectivity index (χ0) is 13.9. The van der Waals surface area contributed by atoms with Gasteiger partial charge in [0, 0.05) is 30.2 Å². The molecule has 2 saturated carbocycles. The van der Waals surface area contributed by atoms with Crippen molar-refractivity contribution >= 4 is 5.65 Å². The summed E-state index contributed by atoms with van der Waals surface area (Å²) < 4.78 is 8.05. The van der Waals surface area contributed by atoms with E-state index in [4.69, 9.17) is 4.74 Å². The third-order valence-corrected chi connectivity index (χ3v) is 5.90. The van der Waals surface area contributed by atoms with Crippen molar-refractivity contribution in [3.05, 3.63) is 30.2 Å². The first-order chi connectivity index (χ1) is 10.4. The molecule has 0 aromatic carbocycles. The molecular weight excluding hydrogens is 264 g/mol. The Hall–Kier alpha value is -1.46. The van der Waals surface area contributed by atoms with Gasteiger partial charge in [-0.1, -0.05) is 12.5 Å². The minimum absolute atomic E-state index is 0.432. The predicted octanol–water partition coefficient (Wildman–Crippen LogP) is 1.78. The van der Waals surface area contributed by atoms with Crippen molar-refractivity contribution in [2.75, 3.05) is 6.61 Å². The average molecular weight is 284 g/mol. The van der Waals surface area contributed by atoms with Crippen LogP contribution in [0.3, 0.4) is 0 Å². The third kappa shape index (κ3) is 1.53. The molecule has 1 spiro atoms. The summed E-state index contributed by atoms with van der Waals surface area (Å²) in [4.78, 5) is 0. The average Bonchev–Trinajstić information content (AvgIpc) is 3.04. The molecule has 3 heterocycles. The van der Waals surface area contributed by atoms with E-state index in [0.29, 0.717) is 23.5 Å². The second-order valence-corrected chi connectivity index (χ2v) is 6.73. The molecule has 1 saturated heterocycles. The fourth-order valence-corrected chi connectivity index (χ4v) is 4.77. The highest BCUT2D eigenvalue weighted by molar-refractivity contribution is 5.37. The second kappa shape index (κ2) is 4.27. The van der Waals surface area contributed by atoms with Gasteiger partial charge in [0.05, 0.1) is 12.6 Å².